The maximum absolute atomic E-state index is 5.74. The van der Waals surface area contributed by atoms with Gasteiger partial charge in [0.2, 0.25) is 0 Å². The fourth-order valence-electron chi connectivity index (χ4n) is 0.476. The Labute approximate surface area is 80.9 Å². The first-order valence-electron chi connectivity index (χ1n) is 3.48. The number of hydrogen-bond acceptors (Lipinski definition) is 1. The van der Waals surface area contributed by atoms with E-state index in [1.807, 2.05) is 20.8 Å². The molecule has 11 heavy (non-hydrogen) atoms. The minimum Gasteiger partial charge on any atom is -0.249 e. The lowest BCUT2D eigenvalue weighted by molar-refractivity contribution is 1.23. The van der Waals surface area contributed by atoms with E-state index < -0.39 is 0 Å². The first-order chi connectivity index (χ1) is 5.20. The Bertz CT molecular complexity index is 225. The number of aromatic nitrogens is 1. The molecule has 0 aliphatic rings. The zero-order chi connectivity index (χ0) is 8.85. The highest BCUT2D eigenvalue weighted by Crippen LogP contribution is 2.17. The van der Waals surface area contributed by atoms with Crippen molar-refractivity contribution in [3.63, 3.8) is 0 Å². The topological polar surface area (TPSA) is 12.9 Å². The van der Waals surface area contributed by atoms with E-state index in [1.54, 1.807) is 12.3 Å². The Morgan fingerprint density at radius 2 is 2.00 bits per heavy atom. The average Bonchev–Trinajstić information content (AvgIpc) is 2.02. The van der Waals surface area contributed by atoms with Crippen LogP contribution in [0.4, 0.5) is 0 Å². The Hall–Kier alpha value is -0.0800. The summed E-state index contributed by atoms with van der Waals surface area (Å²) in [7, 11) is 0. The smallest absolute Gasteiger partial charge is 0.107 e. The molecular formula is C8H11BrClN. The van der Waals surface area contributed by atoms with Crippen LogP contribution < -0.4 is 0 Å². The van der Waals surface area contributed by atoms with Gasteiger partial charge >= 0.3 is 0 Å². The molecule has 1 rings (SSSR count). The second kappa shape index (κ2) is 5.56. The summed E-state index contributed by atoms with van der Waals surface area (Å²) in [6, 6.07) is 1.77. The minimum atomic E-state index is 0.747. The van der Waals surface area contributed by atoms with Crippen molar-refractivity contribution in [3.8, 4) is 0 Å². The van der Waals surface area contributed by atoms with Crippen molar-refractivity contribution in [1.29, 1.82) is 0 Å². The van der Waals surface area contributed by atoms with Crippen LogP contribution in [0.25, 0.3) is 0 Å². The molecule has 0 bridgehead atoms. The van der Waals surface area contributed by atoms with Crippen LogP contribution in [0.1, 0.15) is 19.4 Å². The van der Waals surface area contributed by atoms with Crippen molar-refractivity contribution in [2.45, 2.75) is 20.8 Å². The van der Waals surface area contributed by atoms with Crippen molar-refractivity contribution >= 4 is 27.5 Å². The van der Waals surface area contributed by atoms with Gasteiger partial charge in [-0.15, -0.1) is 0 Å². The zero-order valence-electron chi connectivity index (χ0n) is 6.86. The molecule has 1 aromatic heterocycles. The largest absolute Gasteiger partial charge is 0.249 e. The van der Waals surface area contributed by atoms with Crippen LogP contribution in [0.5, 0.6) is 0 Å². The molecule has 0 radical (unpaired) electrons. The van der Waals surface area contributed by atoms with Gasteiger partial charge in [0.1, 0.15) is 4.60 Å². The number of halogens is 2. The third kappa shape index (κ3) is 3.73. The summed E-state index contributed by atoms with van der Waals surface area (Å²) >= 11 is 8.94. The van der Waals surface area contributed by atoms with Gasteiger partial charge in [-0.05, 0) is 34.5 Å². The predicted molar refractivity (Wildman–Crippen MR) is 53.0 cm³/mol. The Morgan fingerprint density at radius 3 is 2.36 bits per heavy atom. The predicted octanol–water partition coefficient (Wildman–Crippen LogP) is 3.83. The molecule has 0 aliphatic carbocycles. The van der Waals surface area contributed by atoms with Crippen molar-refractivity contribution in [1.82, 2.24) is 4.98 Å². The lowest BCUT2D eigenvalue weighted by atomic mass is 10.3. The second-order valence-corrected chi connectivity index (χ2v) is 2.98. The molecule has 0 unspecified atom stereocenters. The van der Waals surface area contributed by atoms with Crippen LogP contribution in [0, 0.1) is 6.92 Å². The normalized spacial score (nSPS) is 8.45. The second-order valence-electron chi connectivity index (χ2n) is 1.76. The number of hydrogen-bond donors (Lipinski definition) is 0. The third-order valence-corrected chi connectivity index (χ3v) is 1.84. The van der Waals surface area contributed by atoms with Gasteiger partial charge in [0, 0.05) is 11.2 Å². The molecule has 0 atom stereocenters. The van der Waals surface area contributed by atoms with Gasteiger partial charge < -0.3 is 0 Å². The Morgan fingerprint density at radius 1 is 1.45 bits per heavy atom. The molecule has 0 saturated heterocycles. The highest BCUT2D eigenvalue weighted by Gasteiger charge is 1.93. The molecule has 0 fully saturated rings. The maximum Gasteiger partial charge on any atom is 0.107 e. The molecule has 0 spiro atoms. The monoisotopic (exact) mass is 235 g/mol. The highest BCUT2D eigenvalue weighted by atomic mass is 79.9. The maximum atomic E-state index is 5.74. The standard InChI is InChI=1S/C6H5BrClN.C2H6/c1-4-3-9-6(7)2-5(4)8;1-2/h2-3H,1H3;1-2H3. The third-order valence-electron chi connectivity index (χ3n) is 1.00. The summed E-state index contributed by atoms with van der Waals surface area (Å²) in [5, 5.41) is 0.747. The number of aryl methyl sites for hydroxylation is 1. The fourth-order valence-corrected chi connectivity index (χ4v) is 1.09. The molecule has 0 N–H and O–H groups in total. The SMILES string of the molecule is CC.Cc1cnc(Br)cc1Cl. The lowest BCUT2D eigenvalue weighted by Gasteiger charge is -1.94. The molecule has 62 valence electrons. The number of rotatable bonds is 0. The summed E-state index contributed by atoms with van der Waals surface area (Å²) in [4.78, 5) is 3.97. The van der Waals surface area contributed by atoms with E-state index in [4.69, 9.17) is 11.6 Å². The molecular weight excluding hydrogens is 225 g/mol. The molecule has 0 saturated carbocycles. The van der Waals surface area contributed by atoms with E-state index in [1.165, 1.54) is 0 Å². The van der Waals surface area contributed by atoms with Gasteiger partial charge in [-0.2, -0.15) is 0 Å². The molecule has 0 aliphatic heterocycles. The Kier molecular flexibility index (Phi) is 5.51. The fraction of sp³-hybridized carbons (Fsp3) is 0.375. The average molecular weight is 237 g/mol. The van der Waals surface area contributed by atoms with Gasteiger partial charge in [0.05, 0.1) is 0 Å². The van der Waals surface area contributed by atoms with Crippen LogP contribution in [-0.4, -0.2) is 4.98 Å². The quantitative estimate of drug-likeness (QED) is 0.624. The van der Waals surface area contributed by atoms with E-state index in [0.717, 1.165) is 15.2 Å². The highest BCUT2D eigenvalue weighted by molar-refractivity contribution is 9.10. The molecule has 0 aromatic carbocycles. The van der Waals surface area contributed by atoms with Crippen LogP contribution in [-0.2, 0) is 0 Å². The van der Waals surface area contributed by atoms with Crippen LogP contribution in [0.3, 0.4) is 0 Å². The summed E-state index contributed by atoms with van der Waals surface area (Å²) < 4.78 is 0.776. The van der Waals surface area contributed by atoms with E-state index in [0.29, 0.717) is 0 Å². The van der Waals surface area contributed by atoms with Crippen molar-refractivity contribution in [2.75, 3.05) is 0 Å². The summed E-state index contributed by atoms with van der Waals surface area (Å²) in [6.45, 7) is 5.92. The number of pyridine rings is 1. The van der Waals surface area contributed by atoms with Crippen LogP contribution >= 0.6 is 27.5 Å². The van der Waals surface area contributed by atoms with Crippen molar-refractivity contribution in [2.24, 2.45) is 0 Å². The van der Waals surface area contributed by atoms with Crippen molar-refractivity contribution < 1.29 is 0 Å². The van der Waals surface area contributed by atoms with E-state index in [9.17, 15) is 0 Å². The van der Waals surface area contributed by atoms with E-state index in [-0.39, 0.29) is 0 Å². The van der Waals surface area contributed by atoms with E-state index >= 15 is 0 Å². The van der Waals surface area contributed by atoms with Crippen LogP contribution in [0.2, 0.25) is 5.02 Å². The molecule has 1 nitrogen and oxygen atoms in total. The van der Waals surface area contributed by atoms with Gasteiger partial charge in [0.15, 0.2) is 0 Å². The van der Waals surface area contributed by atoms with Crippen LogP contribution in [0.15, 0.2) is 16.9 Å². The first kappa shape index (κ1) is 10.9. The van der Waals surface area contributed by atoms with Gasteiger partial charge in [0.25, 0.3) is 0 Å². The molecule has 3 heteroatoms. The molecule has 0 amide bonds. The Balaban J connectivity index is 0.000000461. The van der Waals surface area contributed by atoms with Gasteiger partial charge in [-0.3, -0.25) is 0 Å². The minimum absolute atomic E-state index is 0.747. The molecule has 1 aromatic rings. The molecule has 1 heterocycles. The lowest BCUT2D eigenvalue weighted by Crippen LogP contribution is -1.78. The summed E-state index contributed by atoms with van der Waals surface area (Å²) in [6.07, 6.45) is 1.73. The first-order valence-corrected chi connectivity index (χ1v) is 4.65. The summed E-state index contributed by atoms with van der Waals surface area (Å²) in [5.74, 6) is 0. The summed E-state index contributed by atoms with van der Waals surface area (Å²) in [5.41, 5.74) is 1.000. The number of nitrogens with zero attached hydrogens (tertiary/aromatic N) is 1. The van der Waals surface area contributed by atoms with Gasteiger partial charge in [-0.25, -0.2) is 4.98 Å². The van der Waals surface area contributed by atoms with Crippen molar-refractivity contribution in [3.05, 3.63) is 27.5 Å². The van der Waals surface area contributed by atoms with Gasteiger partial charge in [-0.1, -0.05) is 25.4 Å². The van der Waals surface area contributed by atoms with E-state index in [2.05, 4.69) is 20.9 Å². The zero-order valence-corrected chi connectivity index (χ0v) is 9.20.